The Kier molecular flexibility index (Phi) is 6.05. The van der Waals surface area contributed by atoms with Crippen LogP contribution in [0.5, 0.6) is 0 Å². The molecule has 0 amide bonds. The van der Waals surface area contributed by atoms with Crippen molar-refractivity contribution in [1.29, 1.82) is 0 Å². The second-order valence-corrected chi connectivity index (χ2v) is 6.04. The number of rotatable bonds is 6. The molecule has 0 aromatic rings. The molecule has 0 spiro atoms. The molecule has 1 aliphatic carbocycles. The summed E-state index contributed by atoms with van der Waals surface area (Å²) in [5.74, 6) is 2.65. The van der Waals surface area contributed by atoms with Crippen LogP contribution in [-0.2, 0) is 0 Å². The van der Waals surface area contributed by atoms with Crippen LogP contribution in [0, 0.1) is 0 Å². The first-order valence-electron chi connectivity index (χ1n) is 5.28. The average molecular weight is 216 g/mol. The van der Waals surface area contributed by atoms with Gasteiger partial charge in [-0.15, -0.1) is 0 Å². The van der Waals surface area contributed by atoms with Crippen LogP contribution < -0.4 is 0 Å². The van der Waals surface area contributed by atoms with Crippen molar-refractivity contribution in [1.82, 2.24) is 0 Å². The fraction of sp³-hybridized carbons (Fsp3) is 0.818. The summed E-state index contributed by atoms with van der Waals surface area (Å²) in [5, 5.41) is 1.67. The van der Waals surface area contributed by atoms with E-state index in [9.17, 15) is 0 Å². The van der Waals surface area contributed by atoms with Crippen molar-refractivity contribution in [2.24, 2.45) is 0 Å². The van der Waals surface area contributed by atoms with Gasteiger partial charge in [-0.25, -0.2) is 0 Å². The summed E-state index contributed by atoms with van der Waals surface area (Å²) in [7, 11) is 0. The molecule has 0 saturated carbocycles. The second-order valence-electron chi connectivity index (χ2n) is 3.41. The van der Waals surface area contributed by atoms with E-state index in [1.165, 1.54) is 30.8 Å². The molecule has 0 aromatic heterocycles. The van der Waals surface area contributed by atoms with Gasteiger partial charge in [0.1, 0.15) is 0 Å². The summed E-state index contributed by atoms with van der Waals surface area (Å²) in [4.78, 5) is 0. The molecule has 0 aromatic carbocycles. The molecule has 1 aliphatic rings. The maximum atomic E-state index is 2.41. The lowest BCUT2D eigenvalue weighted by Crippen LogP contribution is -2.13. The molecule has 13 heavy (non-hydrogen) atoms. The van der Waals surface area contributed by atoms with E-state index >= 15 is 0 Å². The van der Waals surface area contributed by atoms with Gasteiger partial charge in [-0.2, -0.15) is 23.5 Å². The molecule has 0 N–H and O–H groups in total. The largest absolute Gasteiger partial charge is 0.157 e. The molecule has 0 saturated heterocycles. The van der Waals surface area contributed by atoms with Crippen LogP contribution in [0.4, 0.5) is 0 Å². The third kappa shape index (κ3) is 3.99. The van der Waals surface area contributed by atoms with Crippen LogP contribution in [0.1, 0.15) is 33.1 Å². The van der Waals surface area contributed by atoms with E-state index in [4.69, 9.17) is 0 Å². The molecule has 0 nitrogen and oxygen atoms in total. The van der Waals surface area contributed by atoms with Gasteiger partial charge < -0.3 is 0 Å². The summed E-state index contributed by atoms with van der Waals surface area (Å²) in [5.41, 5.74) is 0. The van der Waals surface area contributed by atoms with E-state index in [1.54, 1.807) is 0 Å². The standard InChI is InChI=1S/C11H20S2/c1-3-8-12-10-6-5-7-11(10)13-9-4-2/h5-6,10-11H,3-4,7-9H2,1-2H3. The van der Waals surface area contributed by atoms with Crippen molar-refractivity contribution in [3.05, 3.63) is 12.2 Å². The van der Waals surface area contributed by atoms with Crippen molar-refractivity contribution in [2.75, 3.05) is 11.5 Å². The van der Waals surface area contributed by atoms with E-state index in [-0.39, 0.29) is 0 Å². The average Bonchev–Trinajstić information content (AvgIpc) is 2.59. The first kappa shape index (κ1) is 11.5. The Morgan fingerprint density at radius 2 is 1.85 bits per heavy atom. The molecule has 2 heteroatoms. The van der Waals surface area contributed by atoms with E-state index in [0.29, 0.717) is 0 Å². The van der Waals surface area contributed by atoms with Gasteiger partial charge in [0, 0.05) is 10.5 Å². The second kappa shape index (κ2) is 6.83. The third-order valence-electron chi connectivity index (χ3n) is 2.11. The Labute approximate surface area is 90.9 Å². The van der Waals surface area contributed by atoms with Crippen LogP contribution in [0.15, 0.2) is 12.2 Å². The highest BCUT2D eigenvalue weighted by atomic mass is 32.2. The fourth-order valence-electron chi connectivity index (χ4n) is 1.45. The zero-order valence-electron chi connectivity index (χ0n) is 8.66. The first-order valence-corrected chi connectivity index (χ1v) is 7.38. The van der Waals surface area contributed by atoms with Crippen LogP contribution in [0.2, 0.25) is 0 Å². The highest BCUT2D eigenvalue weighted by Crippen LogP contribution is 2.33. The minimum atomic E-state index is 0.802. The van der Waals surface area contributed by atoms with Crippen molar-refractivity contribution in [2.45, 2.75) is 43.6 Å². The van der Waals surface area contributed by atoms with Crippen molar-refractivity contribution in [3.63, 3.8) is 0 Å². The Morgan fingerprint density at radius 1 is 1.15 bits per heavy atom. The Balaban J connectivity index is 2.21. The molecule has 0 bridgehead atoms. The van der Waals surface area contributed by atoms with E-state index < -0.39 is 0 Å². The molecule has 0 heterocycles. The zero-order valence-corrected chi connectivity index (χ0v) is 10.3. The molecule has 76 valence electrons. The van der Waals surface area contributed by atoms with Gasteiger partial charge in [0.05, 0.1) is 0 Å². The molecule has 0 fully saturated rings. The molecule has 0 radical (unpaired) electrons. The van der Waals surface area contributed by atoms with Gasteiger partial charge in [0.15, 0.2) is 0 Å². The van der Waals surface area contributed by atoms with Gasteiger partial charge in [-0.3, -0.25) is 0 Å². The fourth-order valence-corrected chi connectivity index (χ4v) is 4.05. The van der Waals surface area contributed by atoms with Crippen molar-refractivity contribution < 1.29 is 0 Å². The van der Waals surface area contributed by atoms with Gasteiger partial charge in [-0.05, 0) is 30.8 Å². The smallest absolute Gasteiger partial charge is 0.0349 e. The number of hydrogen-bond donors (Lipinski definition) is 0. The van der Waals surface area contributed by atoms with E-state index in [2.05, 4.69) is 49.5 Å². The van der Waals surface area contributed by atoms with Crippen LogP contribution >= 0.6 is 23.5 Å². The highest BCUT2D eigenvalue weighted by Gasteiger charge is 2.22. The lowest BCUT2D eigenvalue weighted by Gasteiger charge is -2.17. The Hall–Kier alpha value is 0.440. The van der Waals surface area contributed by atoms with Crippen molar-refractivity contribution >= 4 is 23.5 Å². The highest BCUT2D eigenvalue weighted by molar-refractivity contribution is 8.03. The normalized spacial score (nSPS) is 26.9. The van der Waals surface area contributed by atoms with Gasteiger partial charge in [0.25, 0.3) is 0 Å². The molecule has 2 atom stereocenters. The molecular formula is C11H20S2. The predicted octanol–water partition coefficient (Wildman–Crippen LogP) is 3.97. The summed E-state index contributed by atoms with van der Waals surface area (Å²) in [6, 6.07) is 0. The van der Waals surface area contributed by atoms with Crippen molar-refractivity contribution in [3.8, 4) is 0 Å². The monoisotopic (exact) mass is 216 g/mol. The van der Waals surface area contributed by atoms with Crippen LogP contribution in [0.3, 0.4) is 0 Å². The quantitative estimate of drug-likeness (QED) is 0.616. The third-order valence-corrected chi connectivity index (χ3v) is 5.36. The molecule has 0 aliphatic heterocycles. The molecule has 1 rings (SSSR count). The van der Waals surface area contributed by atoms with Crippen LogP contribution in [0.25, 0.3) is 0 Å². The number of thioether (sulfide) groups is 2. The summed E-state index contributed by atoms with van der Waals surface area (Å²) in [6.07, 6.45) is 8.69. The van der Waals surface area contributed by atoms with Crippen LogP contribution in [-0.4, -0.2) is 22.0 Å². The van der Waals surface area contributed by atoms with E-state index in [0.717, 1.165) is 10.5 Å². The van der Waals surface area contributed by atoms with Gasteiger partial charge in [-0.1, -0.05) is 26.0 Å². The zero-order chi connectivity index (χ0) is 9.52. The van der Waals surface area contributed by atoms with E-state index in [1.807, 2.05) is 0 Å². The minimum absolute atomic E-state index is 0.802. The maximum Gasteiger partial charge on any atom is 0.0349 e. The summed E-state index contributed by atoms with van der Waals surface area (Å²) < 4.78 is 0. The Morgan fingerprint density at radius 3 is 2.54 bits per heavy atom. The van der Waals surface area contributed by atoms with Gasteiger partial charge >= 0.3 is 0 Å². The summed E-state index contributed by atoms with van der Waals surface area (Å²) in [6.45, 7) is 4.53. The maximum absolute atomic E-state index is 2.41. The Bertz CT molecular complexity index is 154. The number of hydrogen-bond acceptors (Lipinski definition) is 2. The lowest BCUT2D eigenvalue weighted by molar-refractivity contribution is 0.954. The SMILES string of the molecule is CCCSC1C=CCC1SCCC. The summed E-state index contributed by atoms with van der Waals surface area (Å²) >= 11 is 4.29. The van der Waals surface area contributed by atoms with Gasteiger partial charge in [0.2, 0.25) is 0 Å². The minimum Gasteiger partial charge on any atom is -0.157 e. The predicted molar refractivity (Wildman–Crippen MR) is 66.8 cm³/mol. The first-order chi connectivity index (χ1) is 6.38. The number of allylic oxidation sites excluding steroid dienone is 1. The topological polar surface area (TPSA) is 0 Å². The molecule has 2 unspecified atom stereocenters. The lowest BCUT2D eigenvalue weighted by atomic mass is 10.3. The molecular weight excluding hydrogens is 196 g/mol.